The summed E-state index contributed by atoms with van der Waals surface area (Å²) in [4.78, 5) is 12.0. The smallest absolute Gasteiger partial charge is 0.255 e. The fourth-order valence-electron chi connectivity index (χ4n) is 1.53. The Labute approximate surface area is 123 Å². The van der Waals surface area contributed by atoms with E-state index >= 15 is 0 Å². The standard InChI is InChI=1S/C13H10BrClN2O2/c14-8-3-7(4-9(16)5-8)13(19)17-10-1-2-12(18)11(15)6-10/h1-6,18H,16H2,(H,17,19). The van der Waals surface area contributed by atoms with E-state index < -0.39 is 0 Å². The van der Waals surface area contributed by atoms with Crippen LogP contribution in [0, 0.1) is 0 Å². The number of halogens is 2. The summed E-state index contributed by atoms with van der Waals surface area (Å²) in [5.74, 6) is -0.346. The van der Waals surface area contributed by atoms with E-state index in [0.717, 1.165) is 4.47 Å². The first-order valence-corrected chi connectivity index (χ1v) is 6.49. The van der Waals surface area contributed by atoms with E-state index in [0.29, 0.717) is 16.9 Å². The number of benzene rings is 2. The molecule has 0 aliphatic rings. The van der Waals surface area contributed by atoms with Crippen molar-refractivity contribution in [1.82, 2.24) is 0 Å². The summed E-state index contributed by atoms with van der Waals surface area (Å²) in [6.45, 7) is 0. The van der Waals surface area contributed by atoms with Crippen LogP contribution in [0.15, 0.2) is 40.9 Å². The van der Waals surface area contributed by atoms with E-state index in [9.17, 15) is 9.90 Å². The molecule has 4 nitrogen and oxygen atoms in total. The van der Waals surface area contributed by atoms with Crippen molar-refractivity contribution in [2.75, 3.05) is 11.1 Å². The van der Waals surface area contributed by atoms with Gasteiger partial charge in [0.1, 0.15) is 5.75 Å². The molecule has 0 aliphatic carbocycles. The number of nitrogens with two attached hydrogens (primary N) is 1. The van der Waals surface area contributed by atoms with Crippen LogP contribution in [0.5, 0.6) is 5.75 Å². The zero-order valence-electron chi connectivity index (χ0n) is 9.65. The molecular formula is C13H10BrClN2O2. The van der Waals surface area contributed by atoms with Crippen LogP contribution in [0.4, 0.5) is 11.4 Å². The third-order valence-corrected chi connectivity index (χ3v) is 3.15. The highest BCUT2D eigenvalue weighted by Gasteiger charge is 2.09. The molecule has 0 heterocycles. The van der Waals surface area contributed by atoms with Gasteiger partial charge in [0.15, 0.2) is 0 Å². The molecule has 2 aromatic carbocycles. The molecular weight excluding hydrogens is 332 g/mol. The fourth-order valence-corrected chi connectivity index (χ4v) is 2.22. The van der Waals surface area contributed by atoms with E-state index in [1.54, 1.807) is 24.3 Å². The van der Waals surface area contributed by atoms with Gasteiger partial charge in [0.2, 0.25) is 0 Å². The largest absolute Gasteiger partial charge is 0.506 e. The van der Waals surface area contributed by atoms with Crippen LogP contribution in [-0.2, 0) is 0 Å². The van der Waals surface area contributed by atoms with Gasteiger partial charge in [-0.05, 0) is 36.4 Å². The molecule has 0 bridgehead atoms. The molecule has 2 aromatic rings. The van der Waals surface area contributed by atoms with Crippen LogP contribution in [0.1, 0.15) is 10.4 Å². The highest BCUT2D eigenvalue weighted by Crippen LogP contribution is 2.26. The van der Waals surface area contributed by atoms with Crippen molar-refractivity contribution in [2.24, 2.45) is 0 Å². The summed E-state index contributed by atoms with van der Waals surface area (Å²) in [7, 11) is 0. The highest BCUT2D eigenvalue weighted by atomic mass is 79.9. The van der Waals surface area contributed by atoms with Crippen molar-refractivity contribution in [3.63, 3.8) is 0 Å². The number of aromatic hydroxyl groups is 1. The number of carbonyl (C=O) groups excluding carboxylic acids is 1. The summed E-state index contributed by atoms with van der Waals surface area (Å²) in [6, 6.07) is 9.37. The minimum absolute atomic E-state index is 0.0358. The molecule has 0 saturated heterocycles. The number of phenols is 1. The van der Waals surface area contributed by atoms with Crippen LogP contribution in [0.3, 0.4) is 0 Å². The molecule has 0 radical (unpaired) electrons. The predicted molar refractivity (Wildman–Crippen MR) is 79.6 cm³/mol. The van der Waals surface area contributed by atoms with Crippen molar-refractivity contribution < 1.29 is 9.90 Å². The zero-order valence-corrected chi connectivity index (χ0v) is 12.0. The lowest BCUT2D eigenvalue weighted by Crippen LogP contribution is -2.12. The molecule has 0 aliphatic heterocycles. The normalized spacial score (nSPS) is 10.2. The van der Waals surface area contributed by atoms with E-state index in [1.807, 2.05) is 0 Å². The molecule has 0 spiro atoms. The van der Waals surface area contributed by atoms with Crippen molar-refractivity contribution in [1.29, 1.82) is 0 Å². The Morgan fingerprint density at radius 2 is 2.00 bits per heavy atom. The lowest BCUT2D eigenvalue weighted by molar-refractivity contribution is 0.102. The Hall–Kier alpha value is -1.72. The Bertz CT molecular complexity index is 626. The quantitative estimate of drug-likeness (QED) is 0.576. The highest BCUT2D eigenvalue weighted by molar-refractivity contribution is 9.10. The van der Waals surface area contributed by atoms with E-state index in [4.69, 9.17) is 17.3 Å². The number of hydrogen-bond acceptors (Lipinski definition) is 3. The Kier molecular flexibility index (Phi) is 3.97. The van der Waals surface area contributed by atoms with Gasteiger partial charge >= 0.3 is 0 Å². The number of amides is 1. The van der Waals surface area contributed by atoms with Crippen LogP contribution in [0.2, 0.25) is 5.02 Å². The predicted octanol–water partition coefficient (Wildman–Crippen LogP) is 3.64. The number of rotatable bonds is 2. The molecule has 2 rings (SSSR count). The number of carbonyl (C=O) groups is 1. The summed E-state index contributed by atoms with van der Waals surface area (Å²) in [6.07, 6.45) is 0. The molecule has 0 saturated carbocycles. The monoisotopic (exact) mass is 340 g/mol. The molecule has 1 amide bonds. The van der Waals surface area contributed by atoms with Gasteiger partial charge in [-0.3, -0.25) is 4.79 Å². The lowest BCUT2D eigenvalue weighted by Gasteiger charge is -2.07. The number of phenolic OH excluding ortho intramolecular Hbond substituents is 1. The average molecular weight is 342 g/mol. The second kappa shape index (κ2) is 5.50. The number of nitrogen functional groups attached to an aromatic ring is 1. The van der Waals surface area contributed by atoms with Gasteiger partial charge in [-0.2, -0.15) is 0 Å². The van der Waals surface area contributed by atoms with Gasteiger partial charge in [0.05, 0.1) is 5.02 Å². The van der Waals surface area contributed by atoms with Gasteiger partial charge in [-0.25, -0.2) is 0 Å². The second-order valence-corrected chi connectivity index (χ2v) is 5.22. The lowest BCUT2D eigenvalue weighted by atomic mass is 10.2. The van der Waals surface area contributed by atoms with Crippen LogP contribution >= 0.6 is 27.5 Å². The zero-order chi connectivity index (χ0) is 14.0. The van der Waals surface area contributed by atoms with Crippen molar-refractivity contribution in [3.05, 3.63) is 51.5 Å². The molecule has 0 atom stereocenters. The SMILES string of the molecule is Nc1cc(Br)cc(C(=O)Nc2ccc(O)c(Cl)c2)c1. The first-order chi connectivity index (χ1) is 8.95. The molecule has 98 valence electrons. The third-order valence-electron chi connectivity index (χ3n) is 2.39. The summed E-state index contributed by atoms with van der Waals surface area (Å²) in [5.41, 5.74) is 7.08. The third kappa shape index (κ3) is 3.39. The van der Waals surface area contributed by atoms with Crippen molar-refractivity contribution >= 4 is 44.8 Å². The summed E-state index contributed by atoms with van der Waals surface area (Å²) >= 11 is 9.04. The number of anilines is 2. The Morgan fingerprint density at radius 1 is 1.26 bits per heavy atom. The number of nitrogens with one attached hydrogen (secondary N) is 1. The Balaban J connectivity index is 2.22. The van der Waals surface area contributed by atoms with Gasteiger partial charge in [-0.1, -0.05) is 27.5 Å². The van der Waals surface area contributed by atoms with E-state index in [2.05, 4.69) is 21.2 Å². The fraction of sp³-hybridized carbons (Fsp3) is 0. The summed E-state index contributed by atoms with van der Waals surface area (Å²) < 4.78 is 0.724. The maximum Gasteiger partial charge on any atom is 0.255 e. The molecule has 0 aromatic heterocycles. The first kappa shape index (κ1) is 13.7. The van der Waals surface area contributed by atoms with E-state index in [-0.39, 0.29) is 16.7 Å². The maximum absolute atomic E-state index is 12.0. The molecule has 4 N–H and O–H groups in total. The van der Waals surface area contributed by atoms with Crippen LogP contribution < -0.4 is 11.1 Å². The van der Waals surface area contributed by atoms with Crippen LogP contribution in [-0.4, -0.2) is 11.0 Å². The van der Waals surface area contributed by atoms with Gasteiger partial charge < -0.3 is 16.2 Å². The average Bonchev–Trinajstić information content (AvgIpc) is 2.32. The minimum atomic E-state index is -0.310. The summed E-state index contributed by atoms with van der Waals surface area (Å²) in [5, 5.41) is 12.1. The maximum atomic E-state index is 12.0. The molecule has 0 unspecified atom stereocenters. The van der Waals surface area contributed by atoms with Crippen molar-refractivity contribution in [3.8, 4) is 5.75 Å². The Morgan fingerprint density at radius 3 is 2.63 bits per heavy atom. The van der Waals surface area contributed by atoms with E-state index in [1.165, 1.54) is 12.1 Å². The van der Waals surface area contributed by atoms with Gasteiger partial charge in [0.25, 0.3) is 5.91 Å². The minimum Gasteiger partial charge on any atom is -0.506 e. The molecule has 6 heteroatoms. The first-order valence-electron chi connectivity index (χ1n) is 5.31. The van der Waals surface area contributed by atoms with Crippen molar-refractivity contribution in [2.45, 2.75) is 0 Å². The second-order valence-electron chi connectivity index (χ2n) is 3.89. The topological polar surface area (TPSA) is 75.4 Å². The van der Waals surface area contributed by atoms with Gasteiger partial charge in [-0.15, -0.1) is 0 Å². The molecule has 0 fully saturated rings. The number of hydrogen-bond donors (Lipinski definition) is 3. The van der Waals surface area contributed by atoms with Crippen LogP contribution in [0.25, 0.3) is 0 Å². The van der Waals surface area contributed by atoms with Gasteiger partial charge in [0, 0.05) is 21.4 Å². The molecule has 19 heavy (non-hydrogen) atoms.